The average molecular weight is 409 g/mol. The van der Waals surface area contributed by atoms with Gasteiger partial charge in [0.05, 0.1) is 16.9 Å². The zero-order valence-corrected chi connectivity index (χ0v) is 17.7. The van der Waals surface area contributed by atoms with Crippen molar-refractivity contribution in [2.24, 2.45) is 5.92 Å². The molecule has 1 saturated heterocycles. The van der Waals surface area contributed by atoms with Crippen molar-refractivity contribution in [1.29, 1.82) is 0 Å². The van der Waals surface area contributed by atoms with Crippen molar-refractivity contribution in [2.75, 3.05) is 29.4 Å². The molecule has 0 radical (unpaired) electrons. The highest BCUT2D eigenvalue weighted by Gasteiger charge is 2.42. The third-order valence-electron chi connectivity index (χ3n) is 6.07. The molecule has 4 rings (SSSR count). The summed E-state index contributed by atoms with van der Waals surface area (Å²) in [5.74, 6) is -0.238. The molecule has 2 aromatic carbocycles. The second-order valence-corrected chi connectivity index (χ2v) is 8.59. The van der Waals surface area contributed by atoms with Crippen LogP contribution in [0.5, 0.6) is 0 Å². The summed E-state index contributed by atoms with van der Waals surface area (Å²) in [6, 6.07) is 13.6. The maximum Gasteiger partial charge on any atom is 0.269 e. The van der Waals surface area contributed by atoms with E-state index in [9.17, 15) is 14.9 Å². The van der Waals surface area contributed by atoms with E-state index in [1.54, 1.807) is 12.1 Å². The number of nitro groups is 1. The van der Waals surface area contributed by atoms with E-state index >= 15 is 0 Å². The largest absolute Gasteiger partial charge is 0.368 e. The number of aryl methyl sites for hydroxylation is 1. The number of nitrogens with zero attached hydrogens (tertiary/aromatic N) is 3. The van der Waals surface area contributed by atoms with Crippen LogP contribution in [-0.2, 0) is 11.2 Å². The standard InChI is InChI=1S/C23H28N4O3/c1-15(2)24-23(28)20-13-17-12-19(27(29)30)8-9-21(17)26-11-10-25(14-22(20)26)18-6-4-16(3)5-7-18/h4-9,12,15,20,22H,10-11,13-14H2,1-3H3,(H,24,28)/t20-,22-/m1/s1. The molecule has 0 unspecified atom stereocenters. The second kappa shape index (κ2) is 7.97. The van der Waals surface area contributed by atoms with Gasteiger partial charge in [0.15, 0.2) is 0 Å². The minimum absolute atomic E-state index is 0.0166. The Balaban J connectivity index is 1.68. The summed E-state index contributed by atoms with van der Waals surface area (Å²) in [4.78, 5) is 28.6. The van der Waals surface area contributed by atoms with E-state index in [0.717, 1.165) is 36.6 Å². The van der Waals surface area contributed by atoms with E-state index in [1.165, 1.54) is 5.56 Å². The first kappa shape index (κ1) is 20.2. The minimum atomic E-state index is -0.370. The molecule has 0 spiro atoms. The quantitative estimate of drug-likeness (QED) is 0.620. The monoisotopic (exact) mass is 408 g/mol. The molecule has 2 atom stereocenters. The van der Waals surface area contributed by atoms with Crippen LogP contribution in [0.1, 0.15) is 25.0 Å². The number of nitro benzene ring substituents is 1. The molecule has 0 saturated carbocycles. The van der Waals surface area contributed by atoms with E-state index in [4.69, 9.17) is 0 Å². The van der Waals surface area contributed by atoms with Gasteiger partial charge in [0.1, 0.15) is 0 Å². The topological polar surface area (TPSA) is 78.7 Å². The van der Waals surface area contributed by atoms with Gasteiger partial charge in [-0.3, -0.25) is 14.9 Å². The van der Waals surface area contributed by atoms with Crippen molar-refractivity contribution in [3.63, 3.8) is 0 Å². The maximum absolute atomic E-state index is 13.1. The SMILES string of the molecule is Cc1ccc(N2CCN3c4ccc([N+](=O)[O-])cc4C[C@@H](C(=O)NC(C)C)[C@H]3C2)cc1. The molecular formula is C23H28N4O3. The van der Waals surface area contributed by atoms with Gasteiger partial charge in [0, 0.05) is 49.2 Å². The Hall–Kier alpha value is -3.09. The number of fused-ring (bicyclic) bond motifs is 3. The molecule has 30 heavy (non-hydrogen) atoms. The molecule has 2 heterocycles. The molecule has 2 aliphatic heterocycles. The van der Waals surface area contributed by atoms with Gasteiger partial charge >= 0.3 is 0 Å². The fourth-order valence-electron chi connectivity index (χ4n) is 4.60. The van der Waals surface area contributed by atoms with Crippen molar-refractivity contribution < 1.29 is 9.72 Å². The summed E-state index contributed by atoms with van der Waals surface area (Å²) in [7, 11) is 0. The van der Waals surface area contributed by atoms with Crippen LogP contribution in [-0.4, -0.2) is 42.5 Å². The Morgan fingerprint density at radius 2 is 1.90 bits per heavy atom. The summed E-state index contributed by atoms with van der Waals surface area (Å²) >= 11 is 0. The van der Waals surface area contributed by atoms with Gasteiger partial charge in [-0.15, -0.1) is 0 Å². The Labute approximate surface area is 176 Å². The van der Waals surface area contributed by atoms with Crippen molar-refractivity contribution in [2.45, 2.75) is 39.3 Å². The number of anilines is 2. The van der Waals surface area contributed by atoms with Crippen LogP contribution in [0.3, 0.4) is 0 Å². The summed E-state index contributed by atoms with van der Waals surface area (Å²) < 4.78 is 0. The van der Waals surface area contributed by atoms with Gasteiger partial charge in [-0.2, -0.15) is 0 Å². The lowest BCUT2D eigenvalue weighted by atomic mass is 9.83. The van der Waals surface area contributed by atoms with Gasteiger partial charge in [-0.1, -0.05) is 17.7 Å². The molecule has 7 nitrogen and oxygen atoms in total. The van der Waals surface area contributed by atoms with E-state index in [2.05, 4.69) is 46.3 Å². The van der Waals surface area contributed by atoms with E-state index in [-0.39, 0.29) is 34.5 Å². The van der Waals surface area contributed by atoms with E-state index in [1.807, 2.05) is 19.9 Å². The van der Waals surface area contributed by atoms with Crippen LogP contribution in [0.2, 0.25) is 0 Å². The van der Waals surface area contributed by atoms with Crippen molar-refractivity contribution in [3.8, 4) is 0 Å². The predicted molar refractivity (Wildman–Crippen MR) is 118 cm³/mol. The van der Waals surface area contributed by atoms with Gasteiger partial charge in [-0.25, -0.2) is 0 Å². The number of non-ortho nitro benzene ring substituents is 1. The Kier molecular flexibility index (Phi) is 5.37. The van der Waals surface area contributed by atoms with E-state index < -0.39 is 0 Å². The van der Waals surface area contributed by atoms with Crippen molar-refractivity contribution in [1.82, 2.24) is 5.32 Å². The number of hydrogen-bond acceptors (Lipinski definition) is 5. The summed E-state index contributed by atoms with van der Waals surface area (Å²) in [5, 5.41) is 14.3. The number of carbonyl (C=O) groups excluding carboxylic acids is 1. The first-order valence-corrected chi connectivity index (χ1v) is 10.5. The molecule has 2 aromatic rings. The number of nitrogens with one attached hydrogen (secondary N) is 1. The Morgan fingerprint density at radius 3 is 2.57 bits per heavy atom. The lowest BCUT2D eigenvalue weighted by Gasteiger charge is -2.49. The van der Waals surface area contributed by atoms with Crippen LogP contribution in [0.25, 0.3) is 0 Å². The van der Waals surface area contributed by atoms with Crippen LogP contribution in [0.4, 0.5) is 17.1 Å². The molecule has 2 aliphatic rings. The van der Waals surface area contributed by atoms with E-state index in [0.29, 0.717) is 6.42 Å². The average Bonchev–Trinajstić information content (AvgIpc) is 2.72. The molecular weight excluding hydrogens is 380 g/mol. The van der Waals surface area contributed by atoms with Crippen LogP contribution in [0.15, 0.2) is 42.5 Å². The summed E-state index contributed by atoms with van der Waals surface area (Å²) in [5.41, 5.74) is 4.36. The van der Waals surface area contributed by atoms with Gasteiger partial charge in [0.2, 0.25) is 5.91 Å². The Bertz CT molecular complexity index is 957. The molecule has 7 heteroatoms. The van der Waals surface area contributed by atoms with Gasteiger partial charge in [0.25, 0.3) is 5.69 Å². The molecule has 0 aromatic heterocycles. The highest BCUT2D eigenvalue weighted by atomic mass is 16.6. The van der Waals surface area contributed by atoms with Crippen LogP contribution in [0, 0.1) is 23.0 Å². The smallest absolute Gasteiger partial charge is 0.269 e. The predicted octanol–water partition coefficient (Wildman–Crippen LogP) is 3.30. The maximum atomic E-state index is 13.1. The molecule has 0 bridgehead atoms. The number of benzene rings is 2. The number of rotatable bonds is 4. The molecule has 1 N–H and O–H groups in total. The summed E-state index contributed by atoms with van der Waals surface area (Å²) in [6.07, 6.45) is 0.512. The summed E-state index contributed by atoms with van der Waals surface area (Å²) in [6.45, 7) is 8.35. The normalized spacial score (nSPS) is 20.5. The Morgan fingerprint density at radius 1 is 1.17 bits per heavy atom. The lowest BCUT2D eigenvalue weighted by molar-refractivity contribution is -0.384. The zero-order chi connectivity index (χ0) is 21.4. The second-order valence-electron chi connectivity index (χ2n) is 8.59. The first-order chi connectivity index (χ1) is 14.3. The van der Waals surface area contributed by atoms with Crippen molar-refractivity contribution in [3.05, 3.63) is 63.7 Å². The molecule has 1 fully saturated rings. The minimum Gasteiger partial charge on any atom is -0.368 e. The van der Waals surface area contributed by atoms with Crippen LogP contribution >= 0.6 is 0 Å². The number of carbonyl (C=O) groups is 1. The highest BCUT2D eigenvalue weighted by molar-refractivity contribution is 5.82. The third-order valence-corrected chi connectivity index (χ3v) is 6.07. The molecule has 158 valence electrons. The third kappa shape index (κ3) is 3.84. The lowest BCUT2D eigenvalue weighted by Crippen LogP contribution is -2.61. The van der Waals surface area contributed by atoms with Crippen LogP contribution < -0.4 is 15.1 Å². The van der Waals surface area contributed by atoms with Gasteiger partial charge < -0.3 is 15.1 Å². The molecule has 1 amide bonds. The van der Waals surface area contributed by atoms with Gasteiger partial charge in [-0.05, 0) is 51.0 Å². The number of amides is 1. The fourth-order valence-corrected chi connectivity index (χ4v) is 4.60. The highest BCUT2D eigenvalue weighted by Crippen LogP contribution is 2.38. The fraction of sp³-hybridized carbons (Fsp3) is 0.435. The first-order valence-electron chi connectivity index (χ1n) is 10.5. The number of piperazine rings is 1. The number of hydrogen-bond donors (Lipinski definition) is 1. The van der Waals surface area contributed by atoms with Crippen molar-refractivity contribution >= 4 is 23.0 Å². The molecule has 0 aliphatic carbocycles. The zero-order valence-electron chi connectivity index (χ0n) is 17.7.